The maximum atomic E-state index is 12.6. The number of thiol groups is 1. The molecule has 1 rings (SSSR count). The topological polar surface area (TPSA) is 26.0 Å². The van der Waals surface area contributed by atoms with E-state index < -0.39 is 11.7 Å². The number of hydrogen-bond acceptors (Lipinski definition) is 2. The molecule has 0 atom stereocenters. The van der Waals surface area contributed by atoms with Gasteiger partial charge in [-0.15, -0.1) is 0 Å². The van der Waals surface area contributed by atoms with E-state index in [1.165, 1.54) is 12.1 Å². The lowest BCUT2D eigenvalue weighted by Gasteiger charge is -2.10. The molecule has 0 heterocycles. The zero-order valence-electron chi connectivity index (χ0n) is 8.30. The molecule has 0 saturated heterocycles. The molecule has 1 nitrogen and oxygen atoms in total. The van der Waals surface area contributed by atoms with Crippen LogP contribution in [0.1, 0.15) is 17.5 Å². The number of anilines is 1. The van der Waals surface area contributed by atoms with Crippen LogP contribution in [0.5, 0.6) is 0 Å². The Morgan fingerprint density at radius 1 is 1.31 bits per heavy atom. The minimum absolute atomic E-state index is 0.0430. The number of nitrogen functional groups attached to an aromatic ring is 1. The summed E-state index contributed by atoms with van der Waals surface area (Å²) in [4.78, 5) is 0. The molecule has 0 aromatic heterocycles. The van der Waals surface area contributed by atoms with Gasteiger partial charge in [-0.3, -0.25) is 0 Å². The smallest absolute Gasteiger partial charge is 0.398 e. The molecule has 0 aliphatic carbocycles. The fourth-order valence-corrected chi connectivity index (χ4v) is 1.26. The van der Waals surface area contributed by atoms with Crippen molar-refractivity contribution in [2.75, 3.05) is 11.5 Å². The van der Waals surface area contributed by atoms with Crippen molar-refractivity contribution >= 4 is 18.3 Å². The van der Waals surface area contributed by atoms with Crippen LogP contribution in [0.15, 0.2) is 18.2 Å². The third-order valence-electron chi connectivity index (χ3n) is 1.85. The summed E-state index contributed by atoms with van der Waals surface area (Å²) in [6, 6.07) is 3.64. The summed E-state index contributed by atoms with van der Waals surface area (Å²) < 4.78 is 37.8. The first-order chi connectivity index (χ1) is 7.46. The number of nitrogens with two attached hydrogens (primary N) is 1. The fourth-order valence-electron chi connectivity index (χ4n) is 1.15. The molecule has 16 heavy (non-hydrogen) atoms. The predicted octanol–water partition coefficient (Wildman–Crippen LogP) is 2.96. The molecule has 0 saturated carbocycles. The highest BCUT2D eigenvalue weighted by Crippen LogP contribution is 2.33. The Morgan fingerprint density at radius 3 is 2.56 bits per heavy atom. The van der Waals surface area contributed by atoms with Crippen molar-refractivity contribution in [3.05, 3.63) is 29.3 Å². The van der Waals surface area contributed by atoms with E-state index >= 15 is 0 Å². The summed E-state index contributed by atoms with van der Waals surface area (Å²) in [6.45, 7) is 0. The number of benzene rings is 1. The molecule has 0 fully saturated rings. The summed E-state index contributed by atoms with van der Waals surface area (Å²) in [5.41, 5.74) is 4.57. The van der Waals surface area contributed by atoms with Crippen molar-refractivity contribution in [1.29, 1.82) is 0 Å². The number of halogens is 3. The average molecular weight is 245 g/mol. The zero-order valence-corrected chi connectivity index (χ0v) is 9.20. The lowest BCUT2D eigenvalue weighted by atomic mass is 10.1. The van der Waals surface area contributed by atoms with Crippen LogP contribution in [0.25, 0.3) is 0 Å². The molecule has 1 aromatic rings. The second kappa shape index (κ2) is 5.17. The Labute approximate surface area is 97.2 Å². The summed E-state index contributed by atoms with van der Waals surface area (Å²) in [5, 5.41) is 0. The van der Waals surface area contributed by atoms with Gasteiger partial charge in [0.2, 0.25) is 0 Å². The molecule has 0 unspecified atom stereocenters. The van der Waals surface area contributed by atoms with E-state index in [1.807, 2.05) is 0 Å². The summed E-state index contributed by atoms with van der Waals surface area (Å²) in [5.74, 6) is 5.54. The maximum absolute atomic E-state index is 12.6. The Kier molecular flexibility index (Phi) is 4.13. The summed E-state index contributed by atoms with van der Waals surface area (Å²) >= 11 is 3.92. The summed E-state index contributed by atoms with van der Waals surface area (Å²) in [7, 11) is 0. The van der Waals surface area contributed by atoms with Crippen LogP contribution < -0.4 is 5.73 Å². The minimum atomic E-state index is -4.43. The van der Waals surface area contributed by atoms with E-state index in [-0.39, 0.29) is 11.3 Å². The van der Waals surface area contributed by atoms with Crippen LogP contribution in [0.2, 0.25) is 0 Å². The van der Waals surface area contributed by atoms with E-state index in [1.54, 1.807) is 0 Å². The summed E-state index contributed by atoms with van der Waals surface area (Å²) in [6.07, 6.45) is -4.00. The monoisotopic (exact) mass is 245 g/mol. The van der Waals surface area contributed by atoms with Crippen molar-refractivity contribution in [2.24, 2.45) is 0 Å². The van der Waals surface area contributed by atoms with Crippen molar-refractivity contribution in [3.63, 3.8) is 0 Å². The average Bonchev–Trinajstić information content (AvgIpc) is 2.19. The molecule has 0 bridgehead atoms. The van der Waals surface area contributed by atoms with Crippen molar-refractivity contribution in [2.45, 2.75) is 12.6 Å². The second-order valence-electron chi connectivity index (χ2n) is 3.04. The quantitative estimate of drug-likeness (QED) is 0.444. The Bertz CT molecular complexity index is 429. The number of alkyl halides is 3. The molecule has 2 N–H and O–H groups in total. The van der Waals surface area contributed by atoms with E-state index in [0.29, 0.717) is 12.2 Å². The van der Waals surface area contributed by atoms with Gasteiger partial charge in [0.25, 0.3) is 0 Å². The third kappa shape index (κ3) is 3.11. The van der Waals surface area contributed by atoms with Crippen LogP contribution in [-0.2, 0) is 6.18 Å². The molecular formula is C11H10F3NS. The van der Waals surface area contributed by atoms with E-state index in [9.17, 15) is 13.2 Å². The first-order valence-corrected chi connectivity index (χ1v) is 5.15. The highest BCUT2D eigenvalue weighted by molar-refractivity contribution is 7.80. The standard InChI is InChI=1S/C11H10F3NS/c12-11(13,14)9-5-3-6-10(15)8(9)4-1-2-7-16/h3,5-6,16H,2,7,15H2. The van der Waals surface area contributed by atoms with Crippen molar-refractivity contribution in [1.82, 2.24) is 0 Å². The van der Waals surface area contributed by atoms with Gasteiger partial charge < -0.3 is 5.73 Å². The molecule has 86 valence electrons. The molecule has 1 aromatic carbocycles. The SMILES string of the molecule is Nc1cccc(C(F)(F)F)c1C#CCCS. The van der Waals surface area contributed by atoms with E-state index in [4.69, 9.17) is 5.73 Å². The van der Waals surface area contributed by atoms with Crippen molar-refractivity contribution < 1.29 is 13.2 Å². The molecular weight excluding hydrogens is 235 g/mol. The zero-order chi connectivity index (χ0) is 12.2. The van der Waals surface area contributed by atoms with Gasteiger partial charge in [-0.25, -0.2) is 0 Å². The minimum Gasteiger partial charge on any atom is -0.398 e. The highest BCUT2D eigenvalue weighted by Gasteiger charge is 2.33. The van der Waals surface area contributed by atoms with Gasteiger partial charge in [-0.1, -0.05) is 17.9 Å². The second-order valence-corrected chi connectivity index (χ2v) is 3.49. The molecule has 0 spiro atoms. The number of hydrogen-bond donors (Lipinski definition) is 2. The van der Waals surface area contributed by atoms with Gasteiger partial charge in [-0.05, 0) is 12.1 Å². The van der Waals surface area contributed by atoms with Gasteiger partial charge >= 0.3 is 6.18 Å². The third-order valence-corrected chi connectivity index (χ3v) is 2.08. The van der Waals surface area contributed by atoms with Gasteiger partial charge in [-0.2, -0.15) is 25.8 Å². The van der Waals surface area contributed by atoms with E-state index in [2.05, 4.69) is 24.5 Å². The van der Waals surface area contributed by atoms with Gasteiger partial charge in [0.05, 0.1) is 11.1 Å². The highest BCUT2D eigenvalue weighted by atomic mass is 32.1. The lowest BCUT2D eigenvalue weighted by Crippen LogP contribution is -2.09. The van der Waals surface area contributed by atoms with Gasteiger partial charge in [0, 0.05) is 17.9 Å². The molecule has 0 amide bonds. The van der Waals surface area contributed by atoms with Gasteiger partial charge in [0.15, 0.2) is 0 Å². The van der Waals surface area contributed by atoms with Crippen LogP contribution in [-0.4, -0.2) is 5.75 Å². The Hall–Kier alpha value is -1.28. The van der Waals surface area contributed by atoms with Gasteiger partial charge in [0.1, 0.15) is 0 Å². The number of rotatable bonds is 1. The van der Waals surface area contributed by atoms with Crippen LogP contribution in [0.4, 0.5) is 18.9 Å². The van der Waals surface area contributed by atoms with Crippen LogP contribution in [0.3, 0.4) is 0 Å². The van der Waals surface area contributed by atoms with Crippen LogP contribution >= 0.6 is 12.6 Å². The normalized spacial score (nSPS) is 10.8. The molecule has 0 aliphatic rings. The Morgan fingerprint density at radius 2 is 2.00 bits per heavy atom. The van der Waals surface area contributed by atoms with Crippen LogP contribution in [0, 0.1) is 11.8 Å². The largest absolute Gasteiger partial charge is 0.417 e. The Balaban J connectivity index is 3.21. The fraction of sp³-hybridized carbons (Fsp3) is 0.273. The first kappa shape index (κ1) is 12.8. The van der Waals surface area contributed by atoms with Crippen molar-refractivity contribution in [3.8, 4) is 11.8 Å². The lowest BCUT2D eigenvalue weighted by molar-refractivity contribution is -0.137. The molecule has 5 heteroatoms. The predicted molar refractivity (Wildman–Crippen MR) is 61.2 cm³/mol. The van der Waals surface area contributed by atoms with E-state index in [0.717, 1.165) is 6.07 Å². The first-order valence-electron chi connectivity index (χ1n) is 4.52. The molecule has 0 aliphatic heterocycles. The molecule has 0 radical (unpaired) electrons. The maximum Gasteiger partial charge on any atom is 0.417 e.